The van der Waals surface area contributed by atoms with Crippen LogP contribution in [0.4, 0.5) is 19.1 Å². The Kier molecular flexibility index (Phi) is 5.26. The standard InChI is InChI=1S/C23H23ClF3N5O3/c1-9(2)32-16-4-10(3-14(25)18(16)30-20(32)12-6-23(12,26)27)17-13(24)7-28-22(31-17)29-15-5-11-8-34-21(35-11)19(15)33/h3-4,7,9,11-12,15,19,21,33H,5-6,8H2,1-2H3,(H,28,29,31)/t11-,12-,15+,19-,21+/m0/s1. The first-order valence-electron chi connectivity index (χ1n) is 11.5. The Morgan fingerprint density at radius 3 is 2.77 bits per heavy atom. The third-order valence-corrected chi connectivity index (χ3v) is 7.02. The van der Waals surface area contributed by atoms with E-state index in [-0.39, 0.29) is 46.6 Å². The van der Waals surface area contributed by atoms with E-state index in [1.165, 1.54) is 12.3 Å². The highest BCUT2D eigenvalue weighted by Gasteiger charge is 2.60. The Morgan fingerprint density at radius 1 is 1.29 bits per heavy atom. The topological polar surface area (TPSA) is 94.3 Å². The maximum Gasteiger partial charge on any atom is 0.259 e. The molecule has 0 unspecified atom stereocenters. The second-order valence-corrected chi connectivity index (χ2v) is 10.0. The van der Waals surface area contributed by atoms with Gasteiger partial charge in [0.1, 0.15) is 17.4 Å². The Balaban J connectivity index is 1.38. The van der Waals surface area contributed by atoms with Crippen molar-refractivity contribution < 1.29 is 27.8 Å². The average Bonchev–Trinajstić information content (AvgIpc) is 3.13. The molecule has 186 valence electrons. The van der Waals surface area contributed by atoms with Crippen molar-refractivity contribution in [3.8, 4) is 11.3 Å². The van der Waals surface area contributed by atoms with Crippen LogP contribution in [0.15, 0.2) is 18.3 Å². The lowest BCUT2D eigenvalue weighted by Crippen LogP contribution is -2.48. The van der Waals surface area contributed by atoms with E-state index in [0.29, 0.717) is 24.1 Å². The van der Waals surface area contributed by atoms with Gasteiger partial charge in [-0.05, 0) is 32.4 Å². The van der Waals surface area contributed by atoms with Crippen LogP contribution >= 0.6 is 11.6 Å². The van der Waals surface area contributed by atoms with Crippen LogP contribution in [0, 0.1) is 5.82 Å². The minimum Gasteiger partial charge on any atom is -0.386 e. The predicted octanol–water partition coefficient (Wildman–Crippen LogP) is 4.28. The first-order valence-corrected chi connectivity index (χ1v) is 11.8. The van der Waals surface area contributed by atoms with Crippen molar-refractivity contribution >= 4 is 28.6 Å². The van der Waals surface area contributed by atoms with Crippen LogP contribution in [-0.4, -0.2) is 61.7 Å². The van der Waals surface area contributed by atoms with Gasteiger partial charge in [0.05, 0.1) is 47.1 Å². The number of aliphatic hydroxyl groups is 1. The van der Waals surface area contributed by atoms with Gasteiger partial charge in [0, 0.05) is 18.0 Å². The Bertz CT molecular complexity index is 1320. The van der Waals surface area contributed by atoms with Gasteiger partial charge in [0.2, 0.25) is 5.95 Å². The molecule has 2 aliphatic heterocycles. The molecule has 1 aromatic carbocycles. The molecule has 0 amide bonds. The number of imidazole rings is 1. The maximum absolute atomic E-state index is 15.2. The molecule has 1 saturated carbocycles. The summed E-state index contributed by atoms with van der Waals surface area (Å²) in [4.78, 5) is 12.9. The van der Waals surface area contributed by atoms with Gasteiger partial charge in [-0.1, -0.05) is 11.6 Å². The summed E-state index contributed by atoms with van der Waals surface area (Å²) in [5.74, 6) is -4.13. The molecular weight excluding hydrogens is 487 g/mol. The van der Waals surface area contributed by atoms with Crippen LogP contribution in [0.3, 0.4) is 0 Å². The second-order valence-electron chi connectivity index (χ2n) is 9.60. The predicted molar refractivity (Wildman–Crippen MR) is 121 cm³/mol. The number of nitrogens with zero attached hydrogens (tertiary/aromatic N) is 4. The zero-order valence-corrected chi connectivity index (χ0v) is 19.6. The van der Waals surface area contributed by atoms with Gasteiger partial charge in [0.15, 0.2) is 12.1 Å². The number of hydrogen-bond acceptors (Lipinski definition) is 7. The summed E-state index contributed by atoms with van der Waals surface area (Å²) in [5.41, 5.74) is 1.05. The zero-order valence-electron chi connectivity index (χ0n) is 18.9. The molecule has 2 N–H and O–H groups in total. The number of aliphatic hydroxyl groups excluding tert-OH is 1. The van der Waals surface area contributed by atoms with Crippen molar-refractivity contribution in [3.05, 3.63) is 35.0 Å². The molecule has 35 heavy (non-hydrogen) atoms. The molecule has 6 rings (SSSR count). The van der Waals surface area contributed by atoms with E-state index in [0.717, 1.165) is 0 Å². The summed E-state index contributed by atoms with van der Waals surface area (Å²) in [5, 5.41) is 13.8. The first kappa shape index (κ1) is 23.0. The van der Waals surface area contributed by atoms with E-state index in [1.54, 1.807) is 10.6 Å². The molecule has 2 bridgehead atoms. The summed E-state index contributed by atoms with van der Waals surface area (Å²) in [6.45, 7) is 4.08. The maximum atomic E-state index is 15.2. The third kappa shape index (κ3) is 3.85. The summed E-state index contributed by atoms with van der Waals surface area (Å²) >= 11 is 6.38. The quantitative estimate of drug-likeness (QED) is 0.530. The highest BCUT2D eigenvalue weighted by Crippen LogP contribution is 2.56. The highest BCUT2D eigenvalue weighted by atomic mass is 35.5. The smallest absolute Gasteiger partial charge is 0.259 e. The molecule has 3 aromatic rings. The molecule has 5 atom stereocenters. The van der Waals surface area contributed by atoms with E-state index in [2.05, 4.69) is 20.3 Å². The molecular formula is C23H23ClF3N5O3. The number of hydrogen-bond donors (Lipinski definition) is 2. The number of aromatic nitrogens is 4. The number of nitrogens with one attached hydrogen (secondary N) is 1. The molecule has 12 heteroatoms. The fraction of sp³-hybridized carbons (Fsp3) is 0.522. The number of benzene rings is 1. The van der Waals surface area contributed by atoms with Gasteiger partial charge < -0.3 is 24.5 Å². The summed E-state index contributed by atoms with van der Waals surface area (Å²) < 4.78 is 55.5. The molecule has 2 aromatic heterocycles. The normalized spacial score (nSPS) is 29.2. The first-order chi connectivity index (χ1) is 16.6. The van der Waals surface area contributed by atoms with Crippen LogP contribution in [0.1, 0.15) is 44.5 Å². The second kappa shape index (κ2) is 8.02. The van der Waals surface area contributed by atoms with E-state index < -0.39 is 36.1 Å². The largest absolute Gasteiger partial charge is 0.386 e. The van der Waals surface area contributed by atoms with Gasteiger partial charge in [0.25, 0.3) is 5.92 Å². The monoisotopic (exact) mass is 509 g/mol. The summed E-state index contributed by atoms with van der Waals surface area (Å²) in [6.07, 6.45) is -0.158. The molecule has 8 nitrogen and oxygen atoms in total. The van der Waals surface area contributed by atoms with Crippen LogP contribution in [0.5, 0.6) is 0 Å². The summed E-state index contributed by atoms with van der Waals surface area (Å²) in [6, 6.07) is 2.28. The van der Waals surface area contributed by atoms with Crippen molar-refractivity contribution in [3.63, 3.8) is 0 Å². The van der Waals surface area contributed by atoms with E-state index in [4.69, 9.17) is 21.1 Å². The Hall–Kier alpha value is -2.47. The lowest BCUT2D eigenvalue weighted by Gasteiger charge is -2.32. The zero-order chi connectivity index (χ0) is 24.6. The van der Waals surface area contributed by atoms with Gasteiger partial charge in [-0.25, -0.2) is 28.1 Å². The number of halogens is 4. The molecule has 0 spiro atoms. The third-order valence-electron chi connectivity index (χ3n) is 6.74. The van der Waals surface area contributed by atoms with Gasteiger partial charge in [-0.15, -0.1) is 0 Å². The minimum atomic E-state index is -2.83. The number of ether oxygens (including phenoxy) is 2. The summed E-state index contributed by atoms with van der Waals surface area (Å²) in [7, 11) is 0. The fourth-order valence-corrected chi connectivity index (χ4v) is 5.12. The van der Waals surface area contributed by atoms with Gasteiger partial charge >= 0.3 is 0 Å². The van der Waals surface area contributed by atoms with Crippen LogP contribution in [0.25, 0.3) is 22.3 Å². The van der Waals surface area contributed by atoms with Crippen LogP contribution in [-0.2, 0) is 9.47 Å². The van der Waals surface area contributed by atoms with Crippen molar-refractivity contribution in [2.24, 2.45) is 0 Å². The van der Waals surface area contributed by atoms with E-state index in [9.17, 15) is 13.9 Å². The van der Waals surface area contributed by atoms with Crippen molar-refractivity contribution in [1.82, 2.24) is 19.5 Å². The minimum absolute atomic E-state index is 0.0319. The highest BCUT2D eigenvalue weighted by molar-refractivity contribution is 6.33. The molecule has 2 saturated heterocycles. The SMILES string of the molecule is CC(C)n1c([C@@H]2CC2(F)F)nc2c(F)cc(-c3nc(N[C@@H]4C[C@H]5CO[C@H](O5)[C@H]4O)ncc3Cl)cc21. The Morgan fingerprint density at radius 2 is 2.06 bits per heavy atom. The van der Waals surface area contributed by atoms with Crippen molar-refractivity contribution in [1.29, 1.82) is 0 Å². The molecule has 0 radical (unpaired) electrons. The number of anilines is 1. The molecule has 3 fully saturated rings. The van der Waals surface area contributed by atoms with E-state index >= 15 is 4.39 Å². The number of fused-ring (bicyclic) bond motifs is 3. The fourth-order valence-electron chi connectivity index (χ4n) is 4.92. The van der Waals surface area contributed by atoms with E-state index in [1.807, 2.05) is 13.8 Å². The molecule has 1 aliphatic carbocycles. The van der Waals surface area contributed by atoms with Gasteiger partial charge in [-0.3, -0.25) is 0 Å². The average molecular weight is 510 g/mol. The van der Waals surface area contributed by atoms with Crippen LogP contribution < -0.4 is 5.32 Å². The Labute approximate surface area is 203 Å². The molecule has 4 heterocycles. The van der Waals surface area contributed by atoms with Crippen LogP contribution in [0.2, 0.25) is 5.02 Å². The molecule has 3 aliphatic rings. The van der Waals surface area contributed by atoms with Crippen molar-refractivity contribution in [2.45, 2.75) is 69.1 Å². The van der Waals surface area contributed by atoms with Crippen molar-refractivity contribution in [2.75, 3.05) is 11.9 Å². The lowest BCUT2D eigenvalue weighted by molar-refractivity contribution is -0.156. The lowest BCUT2D eigenvalue weighted by atomic mass is 10.0. The number of rotatable bonds is 5. The number of alkyl halides is 2. The van der Waals surface area contributed by atoms with Gasteiger partial charge in [-0.2, -0.15) is 0 Å².